The van der Waals surface area contributed by atoms with Crippen LogP contribution in [0.1, 0.15) is 18.1 Å². The van der Waals surface area contributed by atoms with Crippen LogP contribution in [0.15, 0.2) is 46.9 Å². The second kappa shape index (κ2) is 5.85. The molecule has 0 aliphatic carbocycles. The van der Waals surface area contributed by atoms with Gasteiger partial charge in [-0.2, -0.15) is 0 Å². The van der Waals surface area contributed by atoms with Gasteiger partial charge in [0.1, 0.15) is 17.1 Å². The zero-order valence-corrected chi connectivity index (χ0v) is 13.3. The van der Waals surface area contributed by atoms with Crippen LogP contribution >= 0.6 is 15.9 Å². The van der Waals surface area contributed by atoms with E-state index in [0.717, 1.165) is 10.0 Å². The smallest absolute Gasteiger partial charge is 0.125 e. The molecule has 0 radical (unpaired) electrons. The van der Waals surface area contributed by atoms with Crippen molar-refractivity contribution in [3.05, 3.63) is 58.1 Å². The Labute approximate surface area is 127 Å². The lowest BCUT2D eigenvalue weighted by Gasteiger charge is -2.27. The third-order valence-corrected chi connectivity index (χ3v) is 3.81. The van der Waals surface area contributed by atoms with Crippen LogP contribution in [0.5, 0.6) is 11.5 Å². The Balaban J connectivity index is 2.58. The van der Waals surface area contributed by atoms with Gasteiger partial charge in [0.2, 0.25) is 0 Å². The van der Waals surface area contributed by atoms with Gasteiger partial charge in [-0.15, -0.1) is 0 Å². The minimum absolute atomic E-state index is 0.621. The number of rotatable bonds is 4. The summed E-state index contributed by atoms with van der Waals surface area (Å²) in [5.41, 5.74) is 0.264. The molecule has 0 amide bonds. The van der Waals surface area contributed by atoms with Crippen molar-refractivity contribution in [2.45, 2.75) is 12.5 Å². The molecule has 4 heteroatoms. The summed E-state index contributed by atoms with van der Waals surface area (Å²) in [4.78, 5) is 0. The van der Waals surface area contributed by atoms with Crippen LogP contribution in [-0.2, 0) is 5.60 Å². The second-order valence-electron chi connectivity index (χ2n) is 4.65. The fourth-order valence-corrected chi connectivity index (χ4v) is 2.54. The van der Waals surface area contributed by atoms with Crippen molar-refractivity contribution in [3.8, 4) is 11.5 Å². The average Bonchev–Trinajstić information content (AvgIpc) is 2.46. The molecule has 2 aromatic carbocycles. The van der Waals surface area contributed by atoms with Gasteiger partial charge in [0, 0.05) is 10.0 Å². The molecular formula is C16H17BrO3. The standard InChI is InChI=1S/C16H17BrO3/c1-16(18,11-5-4-6-12(17)9-11)14-10-13(19-2)7-8-15(14)20-3/h4-10,18H,1-3H3. The molecule has 1 unspecified atom stereocenters. The second-order valence-corrected chi connectivity index (χ2v) is 5.56. The summed E-state index contributed by atoms with van der Waals surface area (Å²) in [6, 6.07) is 13.0. The first kappa shape index (κ1) is 14.9. The van der Waals surface area contributed by atoms with Gasteiger partial charge in [-0.25, -0.2) is 0 Å². The fourth-order valence-electron chi connectivity index (χ4n) is 2.14. The van der Waals surface area contributed by atoms with E-state index in [4.69, 9.17) is 9.47 Å². The molecular weight excluding hydrogens is 320 g/mol. The molecule has 3 nitrogen and oxygen atoms in total. The summed E-state index contributed by atoms with van der Waals surface area (Å²) >= 11 is 3.42. The first-order valence-electron chi connectivity index (χ1n) is 6.20. The zero-order valence-electron chi connectivity index (χ0n) is 11.7. The van der Waals surface area contributed by atoms with Gasteiger partial charge < -0.3 is 14.6 Å². The van der Waals surface area contributed by atoms with Gasteiger partial charge in [0.25, 0.3) is 0 Å². The predicted octanol–water partition coefficient (Wildman–Crippen LogP) is 3.72. The van der Waals surface area contributed by atoms with Gasteiger partial charge in [-0.3, -0.25) is 0 Å². The molecule has 0 aliphatic rings. The van der Waals surface area contributed by atoms with E-state index >= 15 is 0 Å². The Bertz CT molecular complexity index is 608. The molecule has 1 N–H and O–H groups in total. The third kappa shape index (κ3) is 2.81. The van der Waals surface area contributed by atoms with Crippen molar-refractivity contribution in [2.24, 2.45) is 0 Å². The molecule has 1 atom stereocenters. The van der Waals surface area contributed by atoms with Crippen LogP contribution in [0.2, 0.25) is 0 Å². The van der Waals surface area contributed by atoms with Crippen LogP contribution in [-0.4, -0.2) is 19.3 Å². The van der Waals surface area contributed by atoms with E-state index < -0.39 is 5.60 Å². The van der Waals surface area contributed by atoms with E-state index in [2.05, 4.69) is 15.9 Å². The molecule has 0 spiro atoms. The number of hydrogen-bond acceptors (Lipinski definition) is 3. The molecule has 0 bridgehead atoms. The van der Waals surface area contributed by atoms with E-state index in [1.54, 1.807) is 39.3 Å². The molecule has 0 saturated heterocycles. The predicted molar refractivity (Wildman–Crippen MR) is 82.4 cm³/mol. The maximum absolute atomic E-state index is 11.0. The summed E-state index contributed by atoms with van der Waals surface area (Å²) < 4.78 is 11.5. The highest BCUT2D eigenvalue weighted by atomic mass is 79.9. The highest BCUT2D eigenvalue weighted by molar-refractivity contribution is 9.10. The lowest BCUT2D eigenvalue weighted by molar-refractivity contribution is 0.0986. The highest BCUT2D eigenvalue weighted by Gasteiger charge is 2.29. The molecule has 2 aromatic rings. The zero-order chi connectivity index (χ0) is 14.8. The van der Waals surface area contributed by atoms with Gasteiger partial charge in [0.15, 0.2) is 0 Å². The van der Waals surface area contributed by atoms with Crippen LogP contribution in [0.3, 0.4) is 0 Å². The highest BCUT2D eigenvalue weighted by Crippen LogP contribution is 2.38. The van der Waals surface area contributed by atoms with Crippen molar-refractivity contribution in [2.75, 3.05) is 14.2 Å². The Hall–Kier alpha value is -1.52. The maximum atomic E-state index is 11.0. The van der Waals surface area contributed by atoms with E-state index in [1.165, 1.54) is 0 Å². The van der Waals surface area contributed by atoms with Crippen molar-refractivity contribution < 1.29 is 14.6 Å². The SMILES string of the molecule is COc1ccc(OC)c(C(C)(O)c2cccc(Br)c2)c1. The number of methoxy groups -OCH3 is 2. The van der Waals surface area contributed by atoms with Gasteiger partial charge in [-0.1, -0.05) is 28.1 Å². The van der Waals surface area contributed by atoms with Crippen molar-refractivity contribution in [1.29, 1.82) is 0 Å². The van der Waals surface area contributed by atoms with E-state index in [0.29, 0.717) is 17.1 Å². The molecule has 0 fully saturated rings. The van der Waals surface area contributed by atoms with Gasteiger partial charge in [0.05, 0.1) is 14.2 Å². The number of benzene rings is 2. The van der Waals surface area contributed by atoms with Crippen LogP contribution < -0.4 is 9.47 Å². The Morgan fingerprint density at radius 2 is 1.80 bits per heavy atom. The first-order valence-corrected chi connectivity index (χ1v) is 6.99. The minimum atomic E-state index is -1.18. The average molecular weight is 337 g/mol. The fraction of sp³-hybridized carbons (Fsp3) is 0.250. The Morgan fingerprint density at radius 1 is 1.05 bits per heavy atom. The number of aliphatic hydroxyl groups is 1. The van der Waals surface area contributed by atoms with Crippen molar-refractivity contribution >= 4 is 15.9 Å². The Kier molecular flexibility index (Phi) is 4.35. The van der Waals surface area contributed by atoms with Crippen LogP contribution in [0, 0.1) is 0 Å². The minimum Gasteiger partial charge on any atom is -0.497 e. The Morgan fingerprint density at radius 3 is 2.40 bits per heavy atom. The van der Waals surface area contributed by atoms with E-state index in [1.807, 2.05) is 24.3 Å². The largest absolute Gasteiger partial charge is 0.497 e. The topological polar surface area (TPSA) is 38.7 Å². The van der Waals surface area contributed by atoms with Crippen LogP contribution in [0.25, 0.3) is 0 Å². The molecule has 2 rings (SSSR count). The molecule has 20 heavy (non-hydrogen) atoms. The number of hydrogen-bond donors (Lipinski definition) is 1. The third-order valence-electron chi connectivity index (χ3n) is 3.32. The van der Waals surface area contributed by atoms with E-state index in [-0.39, 0.29) is 0 Å². The molecule has 0 aliphatic heterocycles. The first-order chi connectivity index (χ1) is 9.48. The van der Waals surface area contributed by atoms with Gasteiger partial charge in [-0.05, 0) is 42.8 Å². The molecule has 0 heterocycles. The van der Waals surface area contributed by atoms with Crippen molar-refractivity contribution in [1.82, 2.24) is 0 Å². The monoisotopic (exact) mass is 336 g/mol. The summed E-state index contributed by atoms with van der Waals surface area (Å²) in [5.74, 6) is 1.30. The van der Waals surface area contributed by atoms with Crippen LogP contribution in [0.4, 0.5) is 0 Å². The number of ether oxygens (including phenoxy) is 2. The molecule has 0 saturated carbocycles. The van der Waals surface area contributed by atoms with Gasteiger partial charge >= 0.3 is 0 Å². The number of halogens is 1. The summed E-state index contributed by atoms with van der Waals surface area (Å²) in [7, 11) is 3.18. The normalized spacial score (nSPS) is 13.7. The molecule has 106 valence electrons. The quantitative estimate of drug-likeness (QED) is 0.924. The lowest BCUT2D eigenvalue weighted by atomic mass is 9.87. The molecule has 0 aromatic heterocycles. The lowest BCUT2D eigenvalue weighted by Crippen LogP contribution is -2.23. The summed E-state index contributed by atoms with van der Waals surface area (Å²) in [5, 5.41) is 11.0. The maximum Gasteiger partial charge on any atom is 0.125 e. The summed E-state index contributed by atoms with van der Waals surface area (Å²) in [6.07, 6.45) is 0. The van der Waals surface area contributed by atoms with E-state index in [9.17, 15) is 5.11 Å². The van der Waals surface area contributed by atoms with Crippen molar-refractivity contribution in [3.63, 3.8) is 0 Å². The summed E-state index contributed by atoms with van der Waals surface area (Å²) in [6.45, 7) is 1.74.